The molecule has 0 fully saturated rings. The van der Waals surface area contributed by atoms with Crippen molar-refractivity contribution in [3.05, 3.63) is 64.8 Å². The van der Waals surface area contributed by atoms with Crippen LogP contribution in [0.4, 0.5) is 5.69 Å². The van der Waals surface area contributed by atoms with Gasteiger partial charge in [-0.15, -0.1) is 21.5 Å². The van der Waals surface area contributed by atoms with Crippen LogP contribution in [0.2, 0.25) is 0 Å². The Hall–Kier alpha value is -3.06. The Morgan fingerprint density at radius 1 is 1.04 bits per heavy atom. The van der Waals surface area contributed by atoms with E-state index in [0.717, 1.165) is 22.6 Å². The number of rotatable bonds is 4. The van der Waals surface area contributed by atoms with E-state index in [1.807, 2.05) is 30.3 Å². The summed E-state index contributed by atoms with van der Waals surface area (Å²) in [6.07, 6.45) is 0. The minimum absolute atomic E-state index is 0.581. The van der Waals surface area contributed by atoms with Crippen LogP contribution in [0.1, 0.15) is 6.92 Å². The summed E-state index contributed by atoms with van der Waals surface area (Å²) in [6.45, 7) is 3.00. The number of nitrogens with zero attached hydrogens (tertiary/aromatic N) is 5. The van der Waals surface area contributed by atoms with Gasteiger partial charge < -0.3 is 4.57 Å². The standard InChI is InChI=1S/C18H16N6S/c1-2-24-16(13-6-4-3-5-7-13)12-25-18(24)19-15-10-8-14(9-11-15)17-20-22-23-21-17/h3-12H,2H2,1H3,(H,20,21,22,23). The van der Waals surface area contributed by atoms with Gasteiger partial charge in [-0.1, -0.05) is 30.3 Å². The fourth-order valence-corrected chi connectivity index (χ4v) is 3.64. The molecule has 0 spiro atoms. The molecular formula is C18H16N6S. The number of hydrogen-bond donors (Lipinski definition) is 1. The molecule has 0 saturated heterocycles. The van der Waals surface area contributed by atoms with Crippen LogP contribution in [-0.4, -0.2) is 25.2 Å². The number of tetrazole rings is 1. The number of aromatic amines is 1. The van der Waals surface area contributed by atoms with E-state index in [-0.39, 0.29) is 0 Å². The van der Waals surface area contributed by atoms with E-state index in [4.69, 9.17) is 4.99 Å². The molecule has 0 unspecified atom stereocenters. The second-order valence-electron chi connectivity index (χ2n) is 5.41. The molecule has 0 aliphatic rings. The van der Waals surface area contributed by atoms with Crippen LogP contribution < -0.4 is 4.80 Å². The molecule has 0 aliphatic carbocycles. The molecule has 0 atom stereocenters. The first kappa shape index (κ1) is 15.5. The summed E-state index contributed by atoms with van der Waals surface area (Å²) in [6, 6.07) is 18.2. The first-order valence-electron chi connectivity index (χ1n) is 7.97. The summed E-state index contributed by atoms with van der Waals surface area (Å²) in [5, 5.41) is 16.2. The van der Waals surface area contributed by atoms with Gasteiger partial charge in [-0.2, -0.15) is 5.21 Å². The van der Waals surface area contributed by atoms with Gasteiger partial charge in [-0.25, -0.2) is 4.99 Å². The monoisotopic (exact) mass is 348 g/mol. The average molecular weight is 348 g/mol. The summed E-state index contributed by atoms with van der Waals surface area (Å²) < 4.78 is 2.23. The van der Waals surface area contributed by atoms with Gasteiger partial charge in [0, 0.05) is 17.5 Å². The Balaban J connectivity index is 1.71. The van der Waals surface area contributed by atoms with Crippen LogP contribution >= 0.6 is 11.3 Å². The number of aromatic nitrogens is 5. The maximum absolute atomic E-state index is 4.80. The quantitative estimate of drug-likeness (QED) is 0.612. The third kappa shape index (κ3) is 3.14. The number of benzene rings is 2. The number of hydrogen-bond acceptors (Lipinski definition) is 5. The van der Waals surface area contributed by atoms with E-state index in [1.54, 1.807) is 11.3 Å². The molecule has 0 radical (unpaired) electrons. The third-order valence-corrected chi connectivity index (χ3v) is 4.74. The molecule has 0 saturated carbocycles. The average Bonchev–Trinajstić information content (AvgIpc) is 3.33. The normalized spacial score (nSPS) is 11.8. The van der Waals surface area contributed by atoms with Gasteiger partial charge in [-0.05, 0) is 42.0 Å². The SMILES string of the molecule is CCn1c(-c2ccccc2)csc1=Nc1ccc(-c2nn[nH]n2)cc1. The zero-order valence-corrected chi connectivity index (χ0v) is 14.4. The van der Waals surface area contributed by atoms with Gasteiger partial charge in [-0.3, -0.25) is 0 Å². The van der Waals surface area contributed by atoms with E-state index in [1.165, 1.54) is 11.3 Å². The van der Waals surface area contributed by atoms with Crippen LogP contribution in [0.15, 0.2) is 65.0 Å². The van der Waals surface area contributed by atoms with Crippen molar-refractivity contribution in [2.45, 2.75) is 13.5 Å². The molecule has 0 amide bonds. The van der Waals surface area contributed by atoms with Crippen LogP contribution in [0, 0.1) is 0 Å². The highest BCUT2D eigenvalue weighted by Gasteiger charge is 2.06. The van der Waals surface area contributed by atoms with Crippen molar-refractivity contribution in [3.63, 3.8) is 0 Å². The fourth-order valence-electron chi connectivity index (χ4n) is 2.64. The molecule has 6 nitrogen and oxygen atoms in total. The maximum Gasteiger partial charge on any atom is 0.204 e. The van der Waals surface area contributed by atoms with Crippen LogP contribution in [0.25, 0.3) is 22.6 Å². The lowest BCUT2D eigenvalue weighted by Gasteiger charge is -2.05. The molecule has 7 heteroatoms. The predicted molar refractivity (Wildman–Crippen MR) is 98.3 cm³/mol. The maximum atomic E-state index is 4.80. The van der Waals surface area contributed by atoms with Crippen molar-refractivity contribution in [2.75, 3.05) is 0 Å². The van der Waals surface area contributed by atoms with Gasteiger partial charge in [0.25, 0.3) is 0 Å². The largest absolute Gasteiger partial charge is 0.317 e. The predicted octanol–water partition coefficient (Wildman–Crippen LogP) is 3.65. The molecule has 0 bridgehead atoms. The van der Waals surface area contributed by atoms with Crippen molar-refractivity contribution in [1.29, 1.82) is 0 Å². The molecule has 2 heterocycles. The molecule has 4 aromatic rings. The van der Waals surface area contributed by atoms with Crippen LogP contribution in [-0.2, 0) is 6.54 Å². The molecule has 1 N–H and O–H groups in total. The zero-order chi connectivity index (χ0) is 17.1. The summed E-state index contributed by atoms with van der Waals surface area (Å²) in [4.78, 5) is 5.78. The van der Waals surface area contributed by atoms with E-state index in [0.29, 0.717) is 5.82 Å². The minimum Gasteiger partial charge on any atom is -0.317 e. The first-order valence-corrected chi connectivity index (χ1v) is 8.85. The highest BCUT2D eigenvalue weighted by atomic mass is 32.1. The lowest BCUT2D eigenvalue weighted by Crippen LogP contribution is -2.14. The Labute approximate surface area is 148 Å². The Bertz CT molecular complexity index is 1010. The van der Waals surface area contributed by atoms with Gasteiger partial charge >= 0.3 is 0 Å². The Kier molecular flexibility index (Phi) is 4.22. The van der Waals surface area contributed by atoms with E-state index < -0.39 is 0 Å². The van der Waals surface area contributed by atoms with Gasteiger partial charge in [0.05, 0.1) is 11.4 Å². The van der Waals surface area contributed by atoms with E-state index >= 15 is 0 Å². The van der Waals surface area contributed by atoms with Crippen molar-refractivity contribution in [2.24, 2.45) is 4.99 Å². The highest BCUT2D eigenvalue weighted by molar-refractivity contribution is 7.07. The minimum atomic E-state index is 0.581. The second-order valence-corrected chi connectivity index (χ2v) is 6.24. The lowest BCUT2D eigenvalue weighted by molar-refractivity contribution is 0.745. The number of thiazole rings is 1. The fraction of sp³-hybridized carbons (Fsp3) is 0.111. The summed E-state index contributed by atoms with van der Waals surface area (Å²) in [7, 11) is 0. The van der Waals surface area contributed by atoms with Crippen LogP contribution in [0.5, 0.6) is 0 Å². The molecule has 124 valence electrons. The molecule has 2 aromatic heterocycles. The zero-order valence-electron chi connectivity index (χ0n) is 13.6. The van der Waals surface area contributed by atoms with E-state index in [9.17, 15) is 0 Å². The van der Waals surface area contributed by atoms with Gasteiger partial charge in [0.1, 0.15) is 0 Å². The molecule has 4 rings (SSSR count). The number of nitrogens with one attached hydrogen (secondary N) is 1. The van der Waals surface area contributed by atoms with Crippen molar-refractivity contribution in [3.8, 4) is 22.6 Å². The van der Waals surface area contributed by atoms with Crippen molar-refractivity contribution < 1.29 is 0 Å². The van der Waals surface area contributed by atoms with Crippen molar-refractivity contribution in [1.82, 2.24) is 25.2 Å². The number of H-pyrrole nitrogens is 1. The van der Waals surface area contributed by atoms with Gasteiger partial charge in [0.2, 0.25) is 5.82 Å². The smallest absolute Gasteiger partial charge is 0.204 e. The lowest BCUT2D eigenvalue weighted by atomic mass is 10.2. The molecule has 25 heavy (non-hydrogen) atoms. The summed E-state index contributed by atoms with van der Waals surface area (Å²) >= 11 is 1.65. The van der Waals surface area contributed by atoms with Gasteiger partial charge in [0.15, 0.2) is 4.80 Å². The molecular weight excluding hydrogens is 332 g/mol. The first-order chi connectivity index (χ1) is 12.3. The topological polar surface area (TPSA) is 71.8 Å². The summed E-state index contributed by atoms with van der Waals surface area (Å²) in [5.41, 5.74) is 4.20. The van der Waals surface area contributed by atoms with E-state index in [2.05, 4.69) is 61.8 Å². The molecule has 2 aromatic carbocycles. The highest BCUT2D eigenvalue weighted by Crippen LogP contribution is 2.21. The summed E-state index contributed by atoms with van der Waals surface area (Å²) in [5.74, 6) is 0.581. The Morgan fingerprint density at radius 3 is 2.52 bits per heavy atom. The Morgan fingerprint density at radius 2 is 1.84 bits per heavy atom. The molecule has 0 aliphatic heterocycles. The van der Waals surface area contributed by atoms with Crippen LogP contribution in [0.3, 0.4) is 0 Å². The van der Waals surface area contributed by atoms with Crippen molar-refractivity contribution >= 4 is 17.0 Å². The third-order valence-electron chi connectivity index (χ3n) is 3.88. The second kappa shape index (κ2) is 6.82.